The van der Waals surface area contributed by atoms with E-state index in [9.17, 15) is 0 Å². The van der Waals surface area contributed by atoms with Gasteiger partial charge in [0.2, 0.25) is 0 Å². The van der Waals surface area contributed by atoms with Gasteiger partial charge < -0.3 is 13.4 Å². The smallest absolute Gasteiger partial charge is 0.161 e. The normalized spacial score (nSPS) is 12.1. The van der Waals surface area contributed by atoms with Crippen molar-refractivity contribution in [3.05, 3.63) is 127 Å². The number of aromatic nitrogens is 1. The van der Waals surface area contributed by atoms with E-state index in [1.54, 1.807) is 0 Å². The van der Waals surface area contributed by atoms with E-state index in [0.29, 0.717) is 0 Å². The lowest BCUT2D eigenvalue weighted by Gasteiger charge is -2.08. The molecule has 3 aromatic heterocycles. The first-order chi connectivity index (χ1) is 19.3. The average Bonchev–Trinajstić information content (AvgIpc) is 3.66. The van der Waals surface area contributed by atoms with Crippen LogP contribution < -0.4 is 0 Å². The zero-order valence-corrected chi connectivity index (χ0v) is 20.9. The largest absolute Gasteiger partial charge is 0.455 e. The molecule has 9 rings (SSSR count). The molecule has 0 unspecified atom stereocenters. The maximum Gasteiger partial charge on any atom is 0.161 e. The second kappa shape index (κ2) is 7.62. The van der Waals surface area contributed by atoms with Crippen molar-refractivity contribution in [2.45, 2.75) is 0 Å². The molecule has 0 N–H and O–H groups in total. The van der Waals surface area contributed by atoms with Crippen LogP contribution in [0, 0.1) is 0 Å². The van der Waals surface area contributed by atoms with Crippen molar-refractivity contribution in [2.75, 3.05) is 0 Å². The van der Waals surface area contributed by atoms with Crippen LogP contribution in [-0.4, -0.2) is 4.57 Å². The van der Waals surface area contributed by atoms with Gasteiger partial charge in [0.15, 0.2) is 5.58 Å². The Bertz CT molecular complexity index is 2390. The Morgan fingerprint density at radius 1 is 0.462 bits per heavy atom. The van der Waals surface area contributed by atoms with Gasteiger partial charge in [0.25, 0.3) is 0 Å². The molecular weight excluding hydrogens is 478 g/mol. The van der Waals surface area contributed by atoms with E-state index in [2.05, 4.69) is 132 Å². The summed E-state index contributed by atoms with van der Waals surface area (Å²) < 4.78 is 15.5. The summed E-state index contributed by atoms with van der Waals surface area (Å²) in [6.45, 7) is 0. The molecule has 0 radical (unpaired) electrons. The fraction of sp³-hybridized carbons (Fsp3) is 0. The quantitative estimate of drug-likeness (QED) is 0.237. The van der Waals surface area contributed by atoms with Gasteiger partial charge in [0, 0.05) is 38.2 Å². The Morgan fingerprint density at radius 2 is 1.23 bits per heavy atom. The topological polar surface area (TPSA) is 31.2 Å². The van der Waals surface area contributed by atoms with Gasteiger partial charge in [-0.3, -0.25) is 0 Å². The third-order valence-corrected chi connectivity index (χ3v) is 7.99. The molecule has 0 amide bonds. The molecular formula is C36H21NO2. The number of fused-ring (bicyclic) bond motifs is 10. The first-order valence-electron chi connectivity index (χ1n) is 13.2. The molecule has 0 aliphatic carbocycles. The zero-order valence-electron chi connectivity index (χ0n) is 20.9. The summed E-state index contributed by atoms with van der Waals surface area (Å²) in [7, 11) is 0. The minimum Gasteiger partial charge on any atom is -0.455 e. The van der Waals surface area contributed by atoms with Crippen LogP contribution in [0.15, 0.2) is 136 Å². The van der Waals surface area contributed by atoms with Crippen molar-refractivity contribution in [1.82, 2.24) is 4.57 Å². The number of rotatable bonds is 2. The Labute approximate surface area is 223 Å². The molecule has 0 spiro atoms. The first-order valence-corrected chi connectivity index (χ1v) is 13.2. The summed E-state index contributed by atoms with van der Waals surface area (Å²) in [5, 5.41) is 6.78. The summed E-state index contributed by atoms with van der Waals surface area (Å²) in [6, 6.07) is 44.6. The van der Waals surface area contributed by atoms with Gasteiger partial charge in [-0.1, -0.05) is 84.9 Å². The highest BCUT2D eigenvalue weighted by atomic mass is 16.3. The van der Waals surface area contributed by atoms with E-state index in [0.717, 1.165) is 77.1 Å². The van der Waals surface area contributed by atoms with Crippen molar-refractivity contribution in [3.63, 3.8) is 0 Å². The molecule has 9 aromatic rings. The predicted molar refractivity (Wildman–Crippen MR) is 161 cm³/mol. The van der Waals surface area contributed by atoms with E-state index in [1.165, 1.54) is 5.39 Å². The first kappa shape index (κ1) is 20.7. The molecule has 0 aliphatic rings. The number of hydrogen-bond donors (Lipinski definition) is 0. The van der Waals surface area contributed by atoms with E-state index in [-0.39, 0.29) is 0 Å². The van der Waals surface area contributed by atoms with Crippen molar-refractivity contribution in [2.24, 2.45) is 0 Å². The highest BCUT2D eigenvalue weighted by Gasteiger charge is 2.20. The molecule has 0 saturated heterocycles. The van der Waals surface area contributed by atoms with Crippen LogP contribution >= 0.6 is 0 Å². The van der Waals surface area contributed by atoms with Crippen molar-refractivity contribution in [3.8, 4) is 16.8 Å². The monoisotopic (exact) mass is 499 g/mol. The summed E-state index contributed by atoms with van der Waals surface area (Å²) in [5.41, 5.74) is 9.14. The Hall–Kier alpha value is -5.28. The number of nitrogens with zero attached hydrogens (tertiary/aromatic N) is 1. The lowest BCUT2D eigenvalue weighted by Crippen LogP contribution is -1.92. The molecule has 0 fully saturated rings. The number of benzene rings is 6. The maximum atomic E-state index is 6.64. The van der Waals surface area contributed by atoms with Crippen LogP contribution in [0.3, 0.4) is 0 Å². The van der Waals surface area contributed by atoms with E-state index >= 15 is 0 Å². The summed E-state index contributed by atoms with van der Waals surface area (Å²) in [6.07, 6.45) is 0. The fourth-order valence-electron chi connectivity index (χ4n) is 6.24. The van der Waals surface area contributed by atoms with Gasteiger partial charge in [-0.2, -0.15) is 0 Å². The Morgan fingerprint density at radius 3 is 2.15 bits per heavy atom. The zero-order chi connectivity index (χ0) is 25.5. The molecule has 0 saturated carbocycles. The summed E-state index contributed by atoms with van der Waals surface area (Å²) >= 11 is 0. The molecule has 3 heteroatoms. The van der Waals surface area contributed by atoms with Gasteiger partial charge in [-0.15, -0.1) is 0 Å². The van der Waals surface area contributed by atoms with E-state index in [1.807, 2.05) is 0 Å². The third-order valence-electron chi connectivity index (χ3n) is 7.99. The molecule has 3 heterocycles. The van der Waals surface area contributed by atoms with Crippen molar-refractivity contribution < 1.29 is 8.83 Å². The van der Waals surface area contributed by atoms with Crippen LogP contribution in [0.5, 0.6) is 0 Å². The molecule has 0 aliphatic heterocycles. The van der Waals surface area contributed by atoms with Gasteiger partial charge in [-0.25, -0.2) is 0 Å². The van der Waals surface area contributed by atoms with Crippen LogP contribution in [-0.2, 0) is 0 Å². The minimum atomic E-state index is 0.877. The molecule has 0 atom stereocenters. The van der Waals surface area contributed by atoms with Gasteiger partial charge in [0.05, 0.1) is 5.52 Å². The minimum absolute atomic E-state index is 0.877. The second-order valence-corrected chi connectivity index (χ2v) is 10.1. The number of para-hydroxylation sites is 3. The number of hydrogen-bond acceptors (Lipinski definition) is 2. The second-order valence-electron chi connectivity index (χ2n) is 10.1. The lowest BCUT2D eigenvalue weighted by atomic mass is 10.0. The fourth-order valence-corrected chi connectivity index (χ4v) is 6.24. The molecule has 0 bridgehead atoms. The highest BCUT2D eigenvalue weighted by Crippen LogP contribution is 2.42. The lowest BCUT2D eigenvalue weighted by molar-refractivity contribution is 0.672. The van der Waals surface area contributed by atoms with E-state index < -0.39 is 0 Å². The van der Waals surface area contributed by atoms with Crippen molar-refractivity contribution in [1.29, 1.82) is 0 Å². The third kappa shape index (κ3) is 2.82. The maximum absolute atomic E-state index is 6.64. The van der Waals surface area contributed by atoms with Gasteiger partial charge in [-0.05, 0) is 53.4 Å². The molecule has 39 heavy (non-hydrogen) atoms. The summed E-state index contributed by atoms with van der Waals surface area (Å²) in [4.78, 5) is 0. The Kier molecular flexibility index (Phi) is 4.05. The van der Waals surface area contributed by atoms with Gasteiger partial charge >= 0.3 is 0 Å². The average molecular weight is 500 g/mol. The molecule has 6 aromatic carbocycles. The van der Waals surface area contributed by atoms with Crippen LogP contribution in [0.25, 0.3) is 82.5 Å². The predicted octanol–water partition coefficient (Wildman–Crippen LogP) is 10.2. The SMILES string of the molecule is c1ccc(-n2c3ccccc3c3oc4ccc(-c5cccc6c5oc5c7ccccc7ccc65)cc4c32)cc1. The molecule has 3 nitrogen and oxygen atoms in total. The summed E-state index contributed by atoms with van der Waals surface area (Å²) in [5.74, 6) is 0. The standard InChI is InChI=1S/C36H21NO2/c1-2-10-24(11-3-1)37-31-16-7-6-13-29(31)36-33(37)30-21-23(18-20-32(30)38-36)26-14-8-15-27-28-19-17-22-9-4-5-12-25(22)34(28)39-35(26)27/h1-21H. The Balaban J connectivity index is 1.36. The van der Waals surface area contributed by atoms with Crippen LogP contribution in [0.4, 0.5) is 0 Å². The van der Waals surface area contributed by atoms with Gasteiger partial charge in [0.1, 0.15) is 22.3 Å². The number of furan rings is 2. The highest BCUT2D eigenvalue weighted by molar-refractivity contribution is 6.19. The van der Waals surface area contributed by atoms with Crippen LogP contribution in [0.2, 0.25) is 0 Å². The van der Waals surface area contributed by atoms with Crippen molar-refractivity contribution >= 4 is 65.7 Å². The van der Waals surface area contributed by atoms with Crippen LogP contribution in [0.1, 0.15) is 0 Å². The van der Waals surface area contributed by atoms with E-state index in [4.69, 9.17) is 8.83 Å². The molecule has 182 valence electrons.